The Bertz CT molecular complexity index is 550. The van der Waals surface area contributed by atoms with Crippen molar-refractivity contribution in [3.63, 3.8) is 0 Å². The monoisotopic (exact) mass is 295 g/mol. The van der Waals surface area contributed by atoms with Gasteiger partial charge in [0.1, 0.15) is 0 Å². The lowest BCUT2D eigenvalue weighted by Gasteiger charge is -2.09. The Balaban J connectivity index is 2.19. The Hall–Kier alpha value is -1.33. The second-order valence-corrected chi connectivity index (χ2v) is 4.92. The third-order valence-electron chi connectivity index (χ3n) is 2.75. The van der Waals surface area contributed by atoms with Crippen molar-refractivity contribution >= 4 is 32.7 Å². The first-order chi connectivity index (χ1) is 8.08. The van der Waals surface area contributed by atoms with Crippen molar-refractivity contribution in [1.82, 2.24) is 10.3 Å². The summed E-state index contributed by atoms with van der Waals surface area (Å²) in [4.78, 5) is 14.1. The van der Waals surface area contributed by atoms with Gasteiger partial charge in [-0.05, 0) is 30.7 Å². The van der Waals surface area contributed by atoms with Crippen molar-refractivity contribution < 1.29 is 4.79 Å². The van der Waals surface area contributed by atoms with Gasteiger partial charge in [-0.3, -0.25) is 4.79 Å². The highest BCUT2D eigenvalue weighted by Gasteiger charge is 2.09. The molecule has 17 heavy (non-hydrogen) atoms. The number of carbonyl (C=O) groups is 1. The van der Waals surface area contributed by atoms with Gasteiger partial charge >= 0.3 is 0 Å². The third kappa shape index (κ3) is 2.68. The lowest BCUT2D eigenvalue weighted by atomic mass is 10.1. The standard InChI is InChI=1S/C12H14BrN3O/c1-7(12(14)17)15-5-8-6-16-11-3-2-9(13)4-10(8)11/h2-4,6-7,15-16H,5H2,1H3,(H2,14,17)/t7-/m0/s1. The number of fused-ring (bicyclic) bond motifs is 1. The second kappa shape index (κ2) is 4.89. The molecule has 0 saturated carbocycles. The molecule has 0 aliphatic carbocycles. The SMILES string of the molecule is C[C@H](NCc1c[nH]c2ccc(Br)cc12)C(N)=O. The fourth-order valence-electron chi connectivity index (χ4n) is 1.66. The van der Waals surface area contributed by atoms with E-state index in [9.17, 15) is 4.79 Å². The van der Waals surface area contributed by atoms with Crippen molar-refractivity contribution in [1.29, 1.82) is 0 Å². The van der Waals surface area contributed by atoms with Crippen LogP contribution in [0.4, 0.5) is 0 Å². The Morgan fingerprint density at radius 1 is 1.59 bits per heavy atom. The predicted octanol–water partition coefficient (Wildman–Crippen LogP) is 1.89. The van der Waals surface area contributed by atoms with Crippen LogP contribution < -0.4 is 11.1 Å². The Kier molecular flexibility index (Phi) is 3.49. The van der Waals surface area contributed by atoms with Gasteiger partial charge in [0.25, 0.3) is 0 Å². The van der Waals surface area contributed by atoms with Gasteiger partial charge in [0.05, 0.1) is 6.04 Å². The van der Waals surface area contributed by atoms with E-state index in [0.29, 0.717) is 6.54 Å². The molecule has 1 amide bonds. The summed E-state index contributed by atoms with van der Waals surface area (Å²) in [7, 11) is 0. The van der Waals surface area contributed by atoms with Crippen LogP contribution in [0.1, 0.15) is 12.5 Å². The minimum atomic E-state index is -0.342. The molecular formula is C12H14BrN3O. The molecule has 4 nitrogen and oxygen atoms in total. The zero-order chi connectivity index (χ0) is 12.4. The van der Waals surface area contributed by atoms with Gasteiger partial charge in [-0.15, -0.1) is 0 Å². The lowest BCUT2D eigenvalue weighted by Crippen LogP contribution is -2.38. The average Bonchev–Trinajstić information content (AvgIpc) is 2.68. The number of H-pyrrole nitrogens is 1. The molecule has 1 aromatic carbocycles. The average molecular weight is 296 g/mol. The van der Waals surface area contributed by atoms with E-state index in [1.807, 2.05) is 18.3 Å². The molecule has 0 saturated heterocycles. The van der Waals surface area contributed by atoms with E-state index in [1.54, 1.807) is 6.92 Å². The summed E-state index contributed by atoms with van der Waals surface area (Å²) in [5, 5.41) is 4.23. The molecule has 0 aliphatic heterocycles. The normalized spacial score (nSPS) is 12.8. The van der Waals surface area contributed by atoms with E-state index in [4.69, 9.17) is 5.73 Å². The Morgan fingerprint density at radius 2 is 2.35 bits per heavy atom. The molecule has 90 valence electrons. The van der Waals surface area contributed by atoms with Crippen LogP contribution in [0.25, 0.3) is 10.9 Å². The van der Waals surface area contributed by atoms with Gasteiger partial charge in [-0.1, -0.05) is 15.9 Å². The summed E-state index contributed by atoms with van der Waals surface area (Å²) in [6, 6.07) is 5.73. The van der Waals surface area contributed by atoms with Gasteiger partial charge in [-0.2, -0.15) is 0 Å². The predicted molar refractivity (Wildman–Crippen MR) is 71.5 cm³/mol. The number of nitrogens with one attached hydrogen (secondary N) is 2. The van der Waals surface area contributed by atoms with Crippen LogP contribution in [0.2, 0.25) is 0 Å². The molecule has 1 atom stereocenters. The smallest absolute Gasteiger partial charge is 0.234 e. The molecule has 1 heterocycles. The number of hydrogen-bond acceptors (Lipinski definition) is 2. The molecule has 0 radical (unpaired) electrons. The number of halogens is 1. The van der Waals surface area contributed by atoms with E-state index in [-0.39, 0.29) is 11.9 Å². The first-order valence-electron chi connectivity index (χ1n) is 5.36. The molecule has 0 aliphatic rings. The summed E-state index contributed by atoms with van der Waals surface area (Å²) in [6.45, 7) is 2.37. The van der Waals surface area contributed by atoms with E-state index in [1.165, 1.54) is 0 Å². The topological polar surface area (TPSA) is 70.9 Å². The van der Waals surface area contributed by atoms with Crippen LogP contribution in [-0.4, -0.2) is 16.9 Å². The highest BCUT2D eigenvalue weighted by molar-refractivity contribution is 9.10. The van der Waals surface area contributed by atoms with E-state index in [0.717, 1.165) is 20.9 Å². The summed E-state index contributed by atoms with van der Waals surface area (Å²) in [6.07, 6.45) is 1.94. The molecule has 0 bridgehead atoms. The number of rotatable bonds is 4. The van der Waals surface area contributed by atoms with Crippen molar-refractivity contribution in [2.45, 2.75) is 19.5 Å². The first kappa shape index (κ1) is 12.1. The van der Waals surface area contributed by atoms with Crippen molar-refractivity contribution in [3.05, 3.63) is 34.4 Å². The van der Waals surface area contributed by atoms with E-state index in [2.05, 4.69) is 32.3 Å². The second-order valence-electron chi connectivity index (χ2n) is 4.01. The number of nitrogens with two attached hydrogens (primary N) is 1. The zero-order valence-electron chi connectivity index (χ0n) is 9.46. The number of aromatic nitrogens is 1. The molecule has 2 aromatic rings. The maximum absolute atomic E-state index is 10.9. The molecular weight excluding hydrogens is 282 g/mol. The van der Waals surface area contributed by atoms with Crippen molar-refractivity contribution in [2.24, 2.45) is 5.73 Å². The van der Waals surface area contributed by atoms with Crippen LogP contribution in [0.5, 0.6) is 0 Å². The fourth-order valence-corrected chi connectivity index (χ4v) is 2.02. The number of benzene rings is 1. The van der Waals surface area contributed by atoms with Gasteiger partial charge in [0.15, 0.2) is 0 Å². The maximum atomic E-state index is 10.9. The minimum Gasteiger partial charge on any atom is -0.368 e. The molecule has 0 unspecified atom stereocenters. The largest absolute Gasteiger partial charge is 0.368 e. The van der Waals surface area contributed by atoms with Crippen LogP contribution in [0, 0.1) is 0 Å². The number of amides is 1. The lowest BCUT2D eigenvalue weighted by molar-refractivity contribution is -0.119. The summed E-state index contributed by atoms with van der Waals surface area (Å²) in [5.41, 5.74) is 7.40. The first-order valence-corrected chi connectivity index (χ1v) is 6.15. The Labute approximate surface area is 108 Å². The summed E-state index contributed by atoms with van der Waals surface area (Å²) in [5.74, 6) is -0.342. The minimum absolute atomic E-state index is 0.327. The molecule has 2 rings (SSSR count). The van der Waals surface area contributed by atoms with Crippen molar-refractivity contribution in [3.8, 4) is 0 Å². The van der Waals surface area contributed by atoms with Crippen LogP contribution in [0.15, 0.2) is 28.9 Å². The summed E-state index contributed by atoms with van der Waals surface area (Å²) < 4.78 is 1.04. The van der Waals surface area contributed by atoms with Gasteiger partial charge in [-0.25, -0.2) is 0 Å². The van der Waals surface area contributed by atoms with Gasteiger partial charge in [0.2, 0.25) is 5.91 Å². The van der Waals surface area contributed by atoms with E-state index < -0.39 is 0 Å². The molecule has 5 heteroatoms. The number of carbonyl (C=O) groups excluding carboxylic acids is 1. The quantitative estimate of drug-likeness (QED) is 0.806. The van der Waals surface area contributed by atoms with Crippen molar-refractivity contribution in [2.75, 3.05) is 0 Å². The van der Waals surface area contributed by atoms with Gasteiger partial charge < -0.3 is 16.0 Å². The van der Waals surface area contributed by atoms with Crippen LogP contribution in [0.3, 0.4) is 0 Å². The molecule has 0 spiro atoms. The number of hydrogen-bond donors (Lipinski definition) is 3. The van der Waals surface area contributed by atoms with Crippen LogP contribution in [-0.2, 0) is 11.3 Å². The fraction of sp³-hybridized carbons (Fsp3) is 0.250. The highest BCUT2D eigenvalue weighted by Crippen LogP contribution is 2.22. The number of aromatic amines is 1. The number of primary amides is 1. The Morgan fingerprint density at radius 3 is 3.06 bits per heavy atom. The van der Waals surface area contributed by atoms with Gasteiger partial charge in [0, 0.05) is 28.1 Å². The maximum Gasteiger partial charge on any atom is 0.234 e. The molecule has 0 fully saturated rings. The van der Waals surface area contributed by atoms with E-state index >= 15 is 0 Å². The molecule has 1 aromatic heterocycles. The third-order valence-corrected chi connectivity index (χ3v) is 3.25. The molecule has 4 N–H and O–H groups in total. The van der Waals surface area contributed by atoms with Crippen LogP contribution >= 0.6 is 15.9 Å². The highest BCUT2D eigenvalue weighted by atomic mass is 79.9. The zero-order valence-corrected chi connectivity index (χ0v) is 11.0. The summed E-state index contributed by atoms with van der Waals surface area (Å²) >= 11 is 3.45.